The highest BCUT2D eigenvalue weighted by Gasteiger charge is 2.14. The number of carbonyl (C=O) groups is 1. The quantitative estimate of drug-likeness (QED) is 0.166. The summed E-state index contributed by atoms with van der Waals surface area (Å²) in [4.78, 5) is 12.4. The van der Waals surface area contributed by atoms with Gasteiger partial charge in [0.15, 0.2) is 17.3 Å². The second-order valence-electron chi connectivity index (χ2n) is 8.00. The molecule has 1 aromatic heterocycles. The molecule has 180 valence electrons. The van der Waals surface area contributed by atoms with Crippen LogP contribution in [0.3, 0.4) is 0 Å². The first-order valence-electron chi connectivity index (χ1n) is 11.0. The topological polar surface area (TPSA) is 73.1 Å². The summed E-state index contributed by atoms with van der Waals surface area (Å²) in [5.74, 6) is 0.778. The van der Waals surface area contributed by atoms with Gasteiger partial charge in [-0.25, -0.2) is 5.43 Å². The first-order valence-corrected chi connectivity index (χ1v) is 12.2. The lowest BCUT2D eigenvalue weighted by atomic mass is 10.1. The number of amides is 1. The second-order valence-corrected chi connectivity index (χ2v) is 9.29. The van der Waals surface area contributed by atoms with Crippen molar-refractivity contribution in [1.29, 1.82) is 0 Å². The highest BCUT2D eigenvalue weighted by atomic mass is 79.9. The van der Waals surface area contributed by atoms with Gasteiger partial charge in [0.05, 0.1) is 17.8 Å². The fraction of sp³-hybridized carbons (Fsp3) is 0.0714. The molecule has 0 fully saturated rings. The minimum Gasteiger partial charge on any atom is -0.493 e. The van der Waals surface area contributed by atoms with Crippen molar-refractivity contribution in [2.24, 2.45) is 5.10 Å². The number of hydrazone groups is 1. The van der Waals surface area contributed by atoms with E-state index in [2.05, 4.69) is 50.7 Å². The van der Waals surface area contributed by atoms with Crippen LogP contribution in [0.25, 0.3) is 21.7 Å². The van der Waals surface area contributed by atoms with Gasteiger partial charge in [0, 0.05) is 10.4 Å². The van der Waals surface area contributed by atoms with Gasteiger partial charge in [0.25, 0.3) is 0 Å². The predicted octanol–water partition coefficient (Wildman–Crippen LogP) is 7.35. The first kappa shape index (κ1) is 23.9. The molecule has 8 heteroatoms. The lowest BCUT2D eigenvalue weighted by Crippen LogP contribution is -2.16. The molecule has 1 heterocycles. The molecule has 0 aliphatic heterocycles. The molecule has 0 aliphatic rings. The molecule has 36 heavy (non-hydrogen) atoms. The van der Waals surface area contributed by atoms with Gasteiger partial charge in [0.1, 0.15) is 12.2 Å². The number of halogens is 2. The molecule has 0 radical (unpaired) electrons. The van der Waals surface area contributed by atoms with Crippen molar-refractivity contribution in [3.05, 3.63) is 105 Å². The Bertz CT molecular complexity index is 1610. The van der Waals surface area contributed by atoms with Crippen LogP contribution in [0.15, 0.2) is 92.9 Å². The lowest BCUT2D eigenvalue weighted by molar-refractivity contribution is 0.0929. The Kier molecular flexibility index (Phi) is 6.93. The summed E-state index contributed by atoms with van der Waals surface area (Å²) < 4.78 is 17.9. The molecule has 1 N–H and O–H groups in total. The molecule has 5 rings (SSSR count). The lowest BCUT2D eigenvalue weighted by Gasteiger charge is -2.14. The average molecular weight is 564 g/mol. The van der Waals surface area contributed by atoms with Gasteiger partial charge in [-0.3, -0.25) is 4.79 Å². The zero-order valence-electron chi connectivity index (χ0n) is 19.1. The summed E-state index contributed by atoms with van der Waals surface area (Å²) in [5.41, 5.74) is 4.79. The van der Waals surface area contributed by atoms with E-state index >= 15 is 0 Å². The van der Waals surface area contributed by atoms with Gasteiger partial charge < -0.3 is 13.9 Å². The van der Waals surface area contributed by atoms with E-state index in [0.29, 0.717) is 38.7 Å². The van der Waals surface area contributed by atoms with Crippen molar-refractivity contribution in [2.75, 3.05) is 7.11 Å². The summed E-state index contributed by atoms with van der Waals surface area (Å²) in [6.45, 7) is 0.381. The summed E-state index contributed by atoms with van der Waals surface area (Å²) in [6.07, 6.45) is 1.51. The Morgan fingerprint density at radius 3 is 2.69 bits per heavy atom. The maximum atomic E-state index is 12.4. The number of benzene rings is 4. The van der Waals surface area contributed by atoms with Crippen molar-refractivity contribution in [1.82, 2.24) is 5.43 Å². The van der Waals surface area contributed by atoms with E-state index in [-0.39, 0.29) is 5.76 Å². The van der Waals surface area contributed by atoms with E-state index in [9.17, 15) is 4.79 Å². The number of nitrogens with one attached hydrogen (secondary N) is 1. The van der Waals surface area contributed by atoms with Crippen LogP contribution < -0.4 is 14.9 Å². The summed E-state index contributed by atoms with van der Waals surface area (Å²) in [7, 11) is 1.57. The number of nitrogens with zero attached hydrogens (tertiary/aromatic N) is 1. The Hall–Kier alpha value is -3.81. The van der Waals surface area contributed by atoms with Crippen molar-refractivity contribution in [2.45, 2.75) is 6.61 Å². The Balaban J connectivity index is 1.27. The summed E-state index contributed by atoms with van der Waals surface area (Å²) in [6, 6.07) is 24.8. The molecule has 4 aromatic carbocycles. The number of carbonyl (C=O) groups excluding carboxylic acids is 1. The zero-order valence-corrected chi connectivity index (χ0v) is 21.5. The van der Waals surface area contributed by atoms with E-state index in [0.717, 1.165) is 16.3 Å². The smallest absolute Gasteiger partial charge is 0.307 e. The molecule has 0 atom stereocenters. The van der Waals surface area contributed by atoms with Crippen molar-refractivity contribution >= 4 is 61.4 Å². The second kappa shape index (κ2) is 10.4. The highest BCUT2D eigenvalue weighted by Crippen LogP contribution is 2.37. The van der Waals surface area contributed by atoms with E-state index in [1.807, 2.05) is 24.3 Å². The number of hydrogen-bond donors (Lipinski definition) is 1. The van der Waals surface area contributed by atoms with E-state index in [1.165, 1.54) is 11.6 Å². The van der Waals surface area contributed by atoms with Crippen LogP contribution in [0.1, 0.15) is 21.7 Å². The number of hydrogen-bond acceptors (Lipinski definition) is 5. The number of fused-ring (bicyclic) bond motifs is 2. The largest absolute Gasteiger partial charge is 0.493 e. The SMILES string of the molecule is COc1cc(/C=N/NC(=O)c2cc3cc(Cl)ccc3o2)cc(Br)c1OCc1ccc2ccccc2c1. The number of furan rings is 1. The molecule has 0 spiro atoms. The van der Waals surface area contributed by atoms with Gasteiger partial charge in [0.2, 0.25) is 0 Å². The maximum absolute atomic E-state index is 12.4. The molecule has 0 unspecified atom stereocenters. The third-order valence-corrected chi connectivity index (χ3v) is 6.35. The van der Waals surface area contributed by atoms with Gasteiger partial charge in [-0.2, -0.15) is 5.10 Å². The maximum Gasteiger partial charge on any atom is 0.307 e. The monoisotopic (exact) mass is 562 g/mol. The molecule has 0 aliphatic carbocycles. The van der Waals surface area contributed by atoms with Crippen LogP contribution in [-0.2, 0) is 6.61 Å². The summed E-state index contributed by atoms with van der Waals surface area (Å²) in [5, 5.41) is 7.69. The molecule has 0 bridgehead atoms. The van der Waals surface area contributed by atoms with E-state index in [4.69, 9.17) is 25.5 Å². The normalized spacial score (nSPS) is 11.3. The predicted molar refractivity (Wildman–Crippen MR) is 145 cm³/mol. The molecular weight excluding hydrogens is 544 g/mol. The average Bonchev–Trinajstić information content (AvgIpc) is 3.31. The third-order valence-electron chi connectivity index (χ3n) is 5.53. The number of rotatable bonds is 7. The molecular formula is C28H20BrClN2O4. The van der Waals surface area contributed by atoms with Gasteiger partial charge >= 0.3 is 5.91 Å². The zero-order chi connectivity index (χ0) is 25.1. The van der Waals surface area contributed by atoms with Crippen LogP contribution in [0.5, 0.6) is 11.5 Å². The minimum atomic E-state index is -0.472. The molecule has 1 amide bonds. The molecule has 5 aromatic rings. The van der Waals surface area contributed by atoms with Crippen LogP contribution in [0.4, 0.5) is 0 Å². The van der Waals surface area contributed by atoms with Crippen LogP contribution in [0, 0.1) is 0 Å². The first-order chi connectivity index (χ1) is 17.5. The van der Waals surface area contributed by atoms with Crippen LogP contribution in [-0.4, -0.2) is 19.2 Å². The standard InChI is InChI=1S/C28H20BrClN2O4/c1-34-25-12-18(15-31-32-28(33)26-14-21-13-22(30)8-9-24(21)36-26)11-23(29)27(25)35-16-17-6-7-19-4-2-3-5-20(19)10-17/h2-15H,16H2,1H3,(H,32,33)/b31-15+. The molecule has 0 saturated carbocycles. The van der Waals surface area contributed by atoms with Gasteiger partial charge in [-0.05, 0) is 80.3 Å². The van der Waals surface area contributed by atoms with Gasteiger partial charge in [-0.1, -0.05) is 48.0 Å². The van der Waals surface area contributed by atoms with Crippen LogP contribution in [0.2, 0.25) is 5.02 Å². The summed E-state index contributed by atoms with van der Waals surface area (Å²) >= 11 is 9.55. The van der Waals surface area contributed by atoms with E-state index < -0.39 is 5.91 Å². The minimum absolute atomic E-state index is 0.139. The van der Waals surface area contributed by atoms with Crippen molar-refractivity contribution < 1.29 is 18.7 Å². The van der Waals surface area contributed by atoms with E-state index in [1.54, 1.807) is 37.4 Å². The van der Waals surface area contributed by atoms with Crippen LogP contribution >= 0.6 is 27.5 Å². The highest BCUT2D eigenvalue weighted by molar-refractivity contribution is 9.10. The molecule has 6 nitrogen and oxygen atoms in total. The fourth-order valence-electron chi connectivity index (χ4n) is 3.79. The van der Waals surface area contributed by atoms with Crippen molar-refractivity contribution in [3.63, 3.8) is 0 Å². The Labute approximate surface area is 220 Å². The Morgan fingerprint density at radius 1 is 1.03 bits per heavy atom. The number of ether oxygens (including phenoxy) is 2. The third kappa shape index (κ3) is 5.22. The Morgan fingerprint density at radius 2 is 1.86 bits per heavy atom. The van der Waals surface area contributed by atoms with Gasteiger partial charge in [-0.15, -0.1) is 0 Å². The fourth-order valence-corrected chi connectivity index (χ4v) is 4.54. The van der Waals surface area contributed by atoms with Crippen molar-refractivity contribution in [3.8, 4) is 11.5 Å². The number of methoxy groups -OCH3 is 1. The molecule has 0 saturated heterocycles.